The average molecular weight is 274 g/mol. The fourth-order valence-corrected chi connectivity index (χ4v) is 2.63. The molecule has 0 unspecified atom stereocenters. The molecule has 0 aromatic heterocycles. The molecular weight excluding hydrogens is 256 g/mol. The van der Waals surface area contributed by atoms with Crippen molar-refractivity contribution in [1.29, 1.82) is 0 Å². The van der Waals surface area contributed by atoms with E-state index in [0.29, 0.717) is 11.4 Å². The maximum Gasteiger partial charge on any atom is 0.232 e. The average Bonchev–Trinajstić information content (AvgIpc) is 2.30. The third kappa shape index (κ3) is 4.47. The molecule has 96 valence electrons. The van der Waals surface area contributed by atoms with E-state index in [0.717, 1.165) is 17.1 Å². The molecule has 0 aliphatic carbocycles. The van der Waals surface area contributed by atoms with Gasteiger partial charge in [-0.05, 0) is 37.3 Å². The molecule has 1 aromatic carbocycles. The van der Waals surface area contributed by atoms with Crippen LogP contribution >= 0.6 is 11.8 Å². The van der Waals surface area contributed by atoms with E-state index in [1.165, 1.54) is 0 Å². The predicted octanol–water partition coefficient (Wildman–Crippen LogP) is 2.53. The van der Waals surface area contributed by atoms with Crippen molar-refractivity contribution in [1.82, 2.24) is 0 Å². The van der Waals surface area contributed by atoms with Gasteiger partial charge in [-0.2, -0.15) is 0 Å². The van der Waals surface area contributed by atoms with Gasteiger partial charge in [-0.3, -0.25) is 4.72 Å². The highest BCUT2D eigenvalue weighted by atomic mass is 32.2. The monoisotopic (exact) mass is 274 g/mol. The number of hydrogen-bond acceptors (Lipinski definition) is 4. The van der Waals surface area contributed by atoms with Gasteiger partial charge in [0.25, 0.3) is 0 Å². The van der Waals surface area contributed by atoms with E-state index in [2.05, 4.69) is 11.6 Å². The van der Waals surface area contributed by atoms with Crippen LogP contribution in [-0.2, 0) is 10.0 Å². The molecule has 0 heterocycles. The Morgan fingerprint density at radius 2 is 2.06 bits per heavy atom. The first-order chi connectivity index (χ1) is 7.98. The molecule has 0 radical (unpaired) electrons. The first-order valence-corrected chi connectivity index (χ1v) is 8.15. The number of rotatable bonds is 6. The summed E-state index contributed by atoms with van der Waals surface area (Å²) in [6.45, 7) is 3.69. The Bertz CT molecular complexity index is 472. The lowest BCUT2D eigenvalue weighted by atomic mass is 10.3. The van der Waals surface area contributed by atoms with Gasteiger partial charge in [-0.25, -0.2) is 8.42 Å². The molecule has 0 bridgehead atoms. The standard InChI is InChI=1S/C11H18N2O2S2/c1-3-7-16-9-5-6-10(12)11(8-9)13-17(14,15)4-2/h5-6,8,13H,3-4,7,12H2,1-2H3. The summed E-state index contributed by atoms with van der Waals surface area (Å²) in [7, 11) is -3.27. The molecule has 0 fully saturated rings. The van der Waals surface area contributed by atoms with E-state index in [1.807, 2.05) is 6.07 Å². The summed E-state index contributed by atoms with van der Waals surface area (Å²) >= 11 is 1.69. The third-order valence-corrected chi connectivity index (χ3v) is 4.63. The van der Waals surface area contributed by atoms with Gasteiger partial charge < -0.3 is 5.73 Å². The third-order valence-electron chi connectivity index (χ3n) is 2.14. The van der Waals surface area contributed by atoms with Crippen LogP contribution < -0.4 is 10.5 Å². The second-order valence-electron chi connectivity index (χ2n) is 3.60. The fraction of sp³-hybridized carbons (Fsp3) is 0.455. The van der Waals surface area contributed by atoms with Crippen LogP contribution in [0.4, 0.5) is 11.4 Å². The first kappa shape index (κ1) is 14.2. The smallest absolute Gasteiger partial charge is 0.232 e. The van der Waals surface area contributed by atoms with Gasteiger partial charge in [0.1, 0.15) is 0 Å². The summed E-state index contributed by atoms with van der Waals surface area (Å²) in [4.78, 5) is 1.02. The highest BCUT2D eigenvalue weighted by molar-refractivity contribution is 7.99. The number of benzene rings is 1. The lowest BCUT2D eigenvalue weighted by molar-refractivity contribution is 0.602. The zero-order valence-electron chi connectivity index (χ0n) is 10.1. The molecule has 0 amide bonds. The summed E-state index contributed by atoms with van der Waals surface area (Å²) in [5.41, 5.74) is 6.66. The number of nitrogens with two attached hydrogens (primary N) is 1. The maximum absolute atomic E-state index is 11.5. The van der Waals surface area contributed by atoms with Crippen LogP contribution in [0.15, 0.2) is 23.1 Å². The van der Waals surface area contributed by atoms with Gasteiger partial charge in [0.05, 0.1) is 17.1 Å². The molecule has 4 nitrogen and oxygen atoms in total. The van der Waals surface area contributed by atoms with E-state index in [4.69, 9.17) is 5.73 Å². The Morgan fingerprint density at radius 3 is 2.65 bits per heavy atom. The minimum atomic E-state index is -3.27. The molecule has 0 aliphatic heterocycles. The van der Waals surface area contributed by atoms with Crippen molar-refractivity contribution in [3.8, 4) is 0 Å². The largest absolute Gasteiger partial charge is 0.397 e. The zero-order valence-corrected chi connectivity index (χ0v) is 11.7. The molecule has 0 spiro atoms. The topological polar surface area (TPSA) is 72.2 Å². The van der Waals surface area contributed by atoms with Gasteiger partial charge in [0.15, 0.2) is 0 Å². The number of thioether (sulfide) groups is 1. The van der Waals surface area contributed by atoms with Crippen molar-refractivity contribution in [2.24, 2.45) is 0 Å². The zero-order chi connectivity index (χ0) is 12.9. The molecule has 0 aliphatic rings. The molecule has 1 aromatic rings. The normalized spacial score (nSPS) is 11.4. The molecule has 0 saturated carbocycles. The second-order valence-corrected chi connectivity index (χ2v) is 6.78. The number of anilines is 2. The number of sulfonamides is 1. The summed E-state index contributed by atoms with van der Waals surface area (Å²) in [5, 5.41) is 0. The minimum Gasteiger partial charge on any atom is -0.397 e. The predicted molar refractivity (Wildman–Crippen MR) is 75.0 cm³/mol. The van der Waals surface area contributed by atoms with Crippen LogP contribution in [0.2, 0.25) is 0 Å². The molecule has 3 N–H and O–H groups in total. The van der Waals surface area contributed by atoms with Crippen molar-refractivity contribution >= 4 is 33.2 Å². The summed E-state index contributed by atoms with van der Waals surface area (Å²) in [6.07, 6.45) is 1.07. The van der Waals surface area contributed by atoms with E-state index in [-0.39, 0.29) is 5.75 Å². The Kier molecular flexibility index (Phi) is 5.14. The van der Waals surface area contributed by atoms with Gasteiger partial charge in [-0.1, -0.05) is 6.92 Å². The Labute approximate surface area is 107 Å². The van der Waals surface area contributed by atoms with Crippen LogP contribution in [0.25, 0.3) is 0 Å². The van der Waals surface area contributed by atoms with Crippen molar-refractivity contribution in [2.75, 3.05) is 22.0 Å². The number of nitrogens with one attached hydrogen (secondary N) is 1. The minimum absolute atomic E-state index is 0.0404. The van der Waals surface area contributed by atoms with Crippen molar-refractivity contribution in [3.63, 3.8) is 0 Å². The van der Waals surface area contributed by atoms with E-state index >= 15 is 0 Å². The van der Waals surface area contributed by atoms with Crippen LogP contribution in [0.1, 0.15) is 20.3 Å². The highest BCUT2D eigenvalue weighted by Gasteiger charge is 2.09. The second kappa shape index (κ2) is 6.16. The van der Waals surface area contributed by atoms with Crippen LogP contribution in [-0.4, -0.2) is 19.9 Å². The Hall–Kier alpha value is -0.880. The van der Waals surface area contributed by atoms with Gasteiger partial charge in [0.2, 0.25) is 10.0 Å². The number of hydrogen-bond donors (Lipinski definition) is 2. The summed E-state index contributed by atoms with van der Waals surface area (Å²) in [6, 6.07) is 5.41. The van der Waals surface area contributed by atoms with Crippen LogP contribution in [0, 0.1) is 0 Å². The summed E-state index contributed by atoms with van der Waals surface area (Å²) in [5.74, 6) is 1.04. The Balaban J connectivity index is 2.91. The van der Waals surface area contributed by atoms with Crippen LogP contribution in [0.5, 0.6) is 0 Å². The maximum atomic E-state index is 11.5. The molecule has 6 heteroatoms. The number of nitrogen functional groups attached to an aromatic ring is 1. The lowest BCUT2D eigenvalue weighted by Gasteiger charge is -2.10. The van der Waals surface area contributed by atoms with Gasteiger partial charge in [0, 0.05) is 4.90 Å². The molecular formula is C11H18N2O2S2. The summed E-state index contributed by atoms with van der Waals surface area (Å²) < 4.78 is 25.4. The van der Waals surface area contributed by atoms with Gasteiger partial charge in [-0.15, -0.1) is 11.8 Å². The van der Waals surface area contributed by atoms with Gasteiger partial charge >= 0.3 is 0 Å². The van der Waals surface area contributed by atoms with Crippen molar-refractivity contribution in [2.45, 2.75) is 25.2 Å². The molecule has 0 saturated heterocycles. The SMILES string of the molecule is CCCSc1ccc(N)c(NS(=O)(=O)CC)c1. The molecule has 1 rings (SSSR count). The van der Waals surface area contributed by atoms with Crippen molar-refractivity contribution < 1.29 is 8.42 Å². The van der Waals surface area contributed by atoms with E-state index in [1.54, 1.807) is 30.8 Å². The highest BCUT2D eigenvalue weighted by Crippen LogP contribution is 2.27. The molecule has 17 heavy (non-hydrogen) atoms. The first-order valence-electron chi connectivity index (χ1n) is 5.51. The Morgan fingerprint density at radius 1 is 1.35 bits per heavy atom. The van der Waals surface area contributed by atoms with Crippen molar-refractivity contribution in [3.05, 3.63) is 18.2 Å². The van der Waals surface area contributed by atoms with Crippen LogP contribution in [0.3, 0.4) is 0 Å². The fourth-order valence-electron chi connectivity index (χ4n) is 1.17. The lowest BCUT2D eigenvalue weighted by Crippen LogP contribution is -2.15. The molecule has 0 atom stereocenters. The quantitative estimate of drug-likeness (QED) is 0.617. The van der Waals surface area contributed by atoms with E-state index in [9.17, 15) is 8.42 Å². The van der Waals surface area contributed by atoms with E-state index < -0.39 is 10.0 Å².